The lowest BCUT2D eigenvalue weighted by Crippen LogP contribution is -2.49. The van der Waals surface area contributed by atoms with Crippen molar-refractivity contribution in [2.75, 3.05) is 5.75 Å². The Morgan fingerprint density at radius 3 is 2.07 bits per heavy atom. The van der Waals surface area contributed by atoms with Gasteiger partial charge in [-0.2, -0.15) is 25.3 Å². The maximum atomic E-state index is 11.6. The maximum absolute atomic E-state index is 11.6. The first-order valence-corrected chi connectivity index (χ1v) is 5.96. The van der Waals surface area contributed by atoms with E-state index in [1.807, 2.05) is 0 Å². The topological polar surface area (TPSA) is 46.2 Å². The number of amides is 1. The summed E-state index contributed by atoms with van der Waals surface area (Å²) in [5, 5.41) is 2.65. The van der Waals surface area contributed by atoms with E-state index in [9.17, 15) is 9.59 Å². The van der Waals surface area contributed by atoms with E-state index in [4.69, 9.17) is 0 Å². The molecule has 3 nitrogen and oxygen atoms in total. The Morgan fingerprint density at radius 1 is 1.33 bits per heavy atom. The van der Waals surface area contributed by atoms with Crippen molar-refractivity contribution < 1.29 is 9.59 Å². The van der Waals surface area contributed by atoms with Crippen LogP contribution in [-0.4, -0.2) is 28.2 Å². The van der Waals surface area contributed by atoms with Crippen LogP contribution in [0.15, 0.2) is 0 Å². The summed E-state index contributed by atoms with van der Waals surface area (Å²) < 4.78 is -0.779. The van der Waals surface area contributed by atoms with Crippen LogP contribution in [0.1, 0.15) is 27.7 Å². The van der Waals surface area contributed by atoms with Gasteiger partial charge in [-0.15, -0.1) is 0 Å². The molecule has 0 spiro atoms. The molecule has 0 heterocycles. The highest BCUT2D eigenvalue weighted by Gasteiger charge is 2.28. The van der Waals surface area contributed by atoms with E-state index in [0.29, 0.717) is 5.75 Å². The van der Waals surface area contributed by atoms with Gasteiger partial charge in [-0.3, -0.25) is 9.59 Å². The fraction of sp³-hybridized carbons (Fsp3) is 0.800. The highest BCUT2D eigenvalue weighted by Crippen LogP contribution is 2.12. The van der Waals surface area contributed by atoms with E-state index in [1.54, 1.807) is 27.7 Å². The molecule has 88 valence electrons. The van der Waals surface area contributed by atoms with Gasteiger partial charge in [0.1, 0.15) is 0 Å². The number of ketones is 1. The van der Waals surface area contributed by atoms with Gasteiger partial charge in [-0.1, -0.05) is 13.8 Å². The molecule has 5 heteroatoms. The van der Waals surface area contributed by atoms with Gasteiger partial charge in [0.25, 0.3) is 0 Å². The second-order valence-corrected chi connectivity index (χ2v) is 5.81. The Labute approximate surface area is 102 Å². The number of thiol groups is 2. The van der Waals surface area contributed by atoms with Crippen molar-refractivity contribution in [3.05, 3.63) is 0 Å². The van der Waals surface area contributed by atoms with Crippen LogP contribution >= 0.6 is 25.3 Å². The first kappa shape index (κ1) is 14.8. The third-order valence-corrected chi connectivity index (χ3v) is 2.52. The molecular weight excluding hydrogens is 230 g/mol. The van der Waals surface area contributed by atoms with Gasteiger partial charge >= 0.3 is 0 Å². The number of carbonyl (C=O) groups excluding carboxylic acids is 2. The van der Waals surface area contributed by atoms with Gasteiger partial charge in [0.15, 0.2) is 5.78 Å². The van der Waals surface area contributed by atoms with E-state index in [2.05, 4.69) is 30.6 Å². The molecule has 0 radical (unpaired) electrons. The summed E-state index contributed by atoms with van der Waals surface area (Å²) >= 11 is 8.19. The van der Waals surface area contributed by atoms with Gasteiger partial charge in [-0.25, -0.2) is 0 Å². The number of hydrogen-bond donors (Lipinski definition) is 3. The van der Waals surface area contributed by atoms with Crippen molar-refractivity contribution in [1.29, 1.82) is 0 Å². The number of Topliss-reactive ketones (excluding diaryl/α,β-unsaturated/α-hetero) is 1. The number of carbonyl (C=O) groups is 2. The molecule has 1 N–H and O–H groups in total. The number of nitrogens with one attached hydrogen (secondary N) is 1. The van der Waals surface area contributed by atoms with Crippen LogP contribution in [0.3, 0.4) is 0 Å². The monoisotopic (exact) mass is 249 g/mol. The van der Waals surface area contributed by atoms with Crippen molar-refractivity contribution in [3.8, 4) is 0 Å². The van der Waals surface area contributed by atoms with Gasteiger partial charge in [0, 0.05) is 11.7 Å². The summed E-state index contributed by atoms with van der Waals surface area (Å²) in [6, 6.07) is -0.521. The molecule has 0 aromatic carbocycles. The van der Waals surface area contributed by atoms with E-state index in [0.717, 1.165) is 0 Å². The molecule has 0 saturated carbocycles. The third-order valence-electron chi connectivity index (χ3n) is 1.96. The Hall–Kier alpha value is -0.160. The summed E-state index contributed by atoms with van der Waals surface area (Å²) in [6.45, 7) is 6.97. The van der Waals surface area contributed by atoms with E-state index < -0.39 is 10.8 Å². The molecule has 1 atom stereocenters. The highest BCUT2D eigenvalue weighted by atomic mass is 32.1. The Kier molecular flexibility index (Phi) is 5.73. The van der Waals surface area contributed by atoms with Crippen LogP contribution in [0.2, 0.25) is 0 Å². The summed E-state index contributed by atoms with van der Waals surface area (Å²) in [5.74, 6) is -0.0487. The van der Waals surface area contributed by atoms with Crippen molar-refractivity contribution >= 4 is 36.9 Å². The summed E-state index contributed by atoms with van der Waals surface area (Å²) in [4.78, 5) is 23.2. The second kappa shape index (κ2) is 5.80. The predicted octanol–water partition coefficient (Wildman–Crippen LogP) is 1.33. The Morgan fingerprint density at radius 2 is 1.80 bits per heavy atom. The molecule has 0 bridgehead atoms. The molecular formula is C10H19NO2S2. The van der Waals surface area contributed by atoms with Gasteiger partial charge in [0.05, 0.1) is 10.8 Å². The minimum Gasteiger partial charge on any atom is -0.344 e. The van der Waals surface area contributed by atoms with Crippen molar-refractivity contribution in [2.45, 2.75) is 38.5 Å². The molecule has 15 heavy (non-hydrogen) atoms. The molecule has 1 amide bonds. The van der Waals surface area contributed by atoms with E-state index in [-0.39, 0.29) is 17.6 Å². The molecule has 0 rings (SSSR count). The molecule has 0 aromatic heterocycles. The molecule has 0 aliphatic rings. The first-order valence-electron chi connectivity index (χ1n) is 4.88. The van der Waals surface area contributed by atoms with Crippen LogP contribution in [0.4, 0.5) is 0 Å². The van der Waals surface area contributed by atoms with Gasteiger partial charge < -0.3 is 5.32 Å². The minimum atomic E-state index is -0.779. The lowest BCUT2D eigenvalue weighted by molar-refractivity contribution is -0.129. The zero-order valence-electron chi connectivity index (χ0n) is 9.57. The Bertz CT molecular complexity index is 246. The summed E-state index contributed by atoms with van der Waals surface area (Å²) in [7, 11) is 0. The fourth-order valence-corrected chi connectivity index (χ4v) is 1.28. The fourth-order valence-electron chi connectivity index (χ4n) is 0.944. The molecule has 0 aromatic rings. The quantitative estimate of drug-likeness (QED) is 0.644. The van der Waals surface area contributed by atoms with Crippen LogP contribution in [0, 0.1) is 5.92 Å². The van der Waals surface area contributed by atoms with E-state index >= 15 is 0 Å². The lowest BCUT2D eigenvalue weighted by Gasteiger charge is -2.22. The summed E-state index contributed by atoms with van der Waals surface area (Å²) in [5.41, 5.74) is 0. The first-order chi connectivity index (χ1) is 6.70. The summed E-state index contributed by atoms with van der Waals surface area (Å²) in [6.07, 6.45) is 0. The van der Waals surface area contributed by atoms with Crippen LogP contribution in [0.5, 0.6) is 0 Å². The molecule has 0 fully saturated rings. The van der Waals surface area contributed by atoms with Crippen LogP contribution in [0.25, 0.3) is 0 Å². The van der Waals surface area contributed by atoms with Crippen LogP contribution < -0.4 is 5.32 Å². The predicted molar refractivity (Wildman–Crippen MR) is 68.7 cm³/mol. The smallest absolute Gasteiger partial charge is 0.236 e. The van der Waals surface area contributed by atoms with Crippen LogP contribution in [-0.2, 0) is 9.59 Å². The maximum Gasteiger partial charge on any atom is 0.236 e. The molecule has 0 saturated heterocycles. The minimum absolute atomic E-state index is 0.00377. The lowest BCUT2D eigenvalue weighted by atomic mass is 10.0. The average Bonchev–Trinajstić information content (AvgIpc) is 2.10. The largest absolute Gasteiger partial charge is 0.344 e. The zero-order chi connectivity index (χ0) is 12.2. The molecule has 0 aliphatic carbocycles. The van der Waals surface area contributed by atoms with Crippen molar-refractivity contribution in [1.82, 2.24) is 5.32 Å². The van der Waals surface area contributed by atoms with Crippen molar-refractivity contribution in [3.63, 3.8) is 0 Å². The number of rotatable bonds is 5. The van der Waals surface area contributed by atoms with Crippen molar-refractivity contribution in [2.24, 2.45) is 5.92 Å². The Balaban J connectivity index is 4.48. The third kappa shape index (κ3) is 4.93. The average molecular weight is 249 g/mol. The van der Waals surface area contributed by atoms with E-state index in [1.165, 1.54) is 0 Å². The van der Waals surface area contributed by atoms with Gasteiger partial charge in [0.2, 0.25) is 5.91 Å². The molecule has 0 aliphatic heterocycles. The molecule has 1 unspecified atom stereocenters. The highest BCUT2D eigenvalue weighted by molar-refractivity contribution is 7.82. The zero-order valence-corrected chi connectivity index (χ0v) is 11.4. The van der Waals surface area contributed by atoms with Gasteiger partial charge in [-0.05, 0) is 13.8 Å². The normalized spacial score (nSPS) is 13.8. The SMILES string of the molecule is CC(C)C(=O)C(CS)NC(=O)C(C)(C)S. The standard InChI is InChI=1S/C10H19NO2S2/c1-6(2)8(12)7(5-14)11-9(13)10(3,4)15/h6-7,14-15H,5H2,1-4H3,(H,11,13). The second-order valence-electron chi connectivity index (χ2n) is 4.32. The number of hydrogen-bond acceptors (Lipinski definition) is 4.